The first-order chi connectivity index (χ1) is 34.0. The number of carbonyl (C=O) groups is 1. The molecule has 2 N–H and O–H groups in total. The van der Waals surface area contributed by atoms with Crippen molar-refractivity contribution in [3.8, 4) is 0 Å². The second kappa shape index (κ2) is 51.3. The average molecular weight is 998 g/mol. The topological polar surface area (TPSA) is 108 Å². The number of nitrogens with one attached hydrogen (secondary N) is 1. The van der Waals surface area contributed by atoms with Crippen molar-refractivity contribution in [1.82, 2.24) is 5.32 Å². The van der Waals surface area contributed by atoms with Crippen LogP contribution in [0, 0.1) is 0 Å². The first-order valence-corrected chi connectivity index (χ1v) is 30.0. The molecule has 0 aromatic heterocycles. The van der Waals surface area contributed by atoms with Crippen LogP contribution in [0.1, 0.15) is 232 Å². The van der Waals surface area contributed by atoms with Crippen molar-refractivity contribution in [2.24, 2.45) is 0 Å². The van der Waals surface area contributed by atoms with Crippen LogP contribution >= 0.6 is 7.82 Å². The number of nitrogens with zero attached hydrogens (tertiary/aromatic N) is 1. The zero-order chi connectivity index (χ0) is 51.3. The summed E-state index contributed by atoms with van der Waals surface area (Å²) in [6.07, 6.45) is 72.9. The molecule has 0 aromatic rings. The molecule has 0 saturated carbocycles. The quantitative estimate of drug-likeness (QED) is 0.0272. The molecule has 0 aliphatic heterocycles. The molecule has 0 fully saturated rings. The molecular weight excluding hydrogens is 888 g/mol. The maximum Gasteiger partial charge on any atom is 0.268 e. The van der Waals surface area contributed by atoms with Gasteiger partial charge in [-0.25, -0.2) is 0 Å². The summed E-state index contributed by atoms with van der Waals surface area (Å²) in [6, 6.07) is -0.808. The Morgan fingerprint density at radius 3 is 1.27 bits per heavy atom. The van der Waals surface area contributed by atoms with Gasteiger partial charge in [0.25, 0.3) is 7.82 Å². The smallest absolute Gasteiger partial charge is 0.268 e. The van der Waals surface area contributed by atoms with Gasteiger partial charge in [0.15, 0.2) is 0 Å². The number of quaternary nitrogens is 1. The summed E-state index contributed by atoms with van der Waals surface area (Å²) in [5, 5.41) is 14.0. The predicted octanol–water partition coefficient (Wildman–Crippen LogP) is 16.8. The fourth-order valence-corrected chi connectivity index (χ4v) is 8.60. The Balaban J connectivity index is 4.10. The van der Waals surface area contributed by atoms with Gasteiger partial charge in [-0.2, -0.15) is 0 Å². The van der Waals surface area contributed by atoms with Crippen molar-refractivity contribution in [2.45, 2.75) is 244 Å². The third-order valence-electron chi connectivity index (χ3n) is 12.3. The highest BCUT2D eigenvalue weighted by Gasteiger charge is 2.24. The summed E-state index contributed by atoms with van der Waals surface area (Å²) in [5.41, 5.74) is 0. The zero-order valence-corrected chi connectivity index (χ0v) is 46.8. The Morgan fingerprint density at radius 2 is 0.871 bits per heavy atom. The van der Waals surface area contributed by atoms with Crippen molar-refractivity contribution in [2.75, 3.05) is 40.9 Å². The minimum Gasteiger partial charge on any atom is -0.756 e. The van der Waals surface area contributed by atoms with Crippen LogP contribution in [0.15, 0.2) is 97.2 Å². The molecule has 0 aliphatic rings. The number of hydrogen-bond acceptors (Lipinski definition) is 6. The number of allylic oxidation sites excluding steroid dienone is 16. The fourth-order valence-electron chi connectivity index (χ4n) is 7.88. The molecule has 0 radical (unpaired) electrons. The number of aliphatic hydroxyl groups excluding tert-OH is 1. The maximum atomic E-state index is 13.0. The average Bonchev–Trinajstić information content (AvgIpc) is 3.32. The van der Waals surface area contributed by atoms with Crippen LogP contribution in [0.3, 0.4) is 0 Å². The Morgan fingerprint density at radius 1 is 0.514 bits per heavy atom. The molecule has 0 heterocycles. The number of carbonyl (C=O) groups excluding carboxylic acids is 1. The van der Waals surface area contributed by atoms with Crippen molar-refractivity contribution in [3.63, 3.8) is 0 Å². The summed E-state index contributed by atoms with van der Waals surface area (Å²) >= 11 is 0. The van der Waals surface area contributed by atoms with Crippen LogP contribution in [0.25, 0.3) is 0 Å². The molecule has 3 unspecified atom stereocenters. The van der Waals surface area contributed by atoms with E-state index in [-0.39, 0.29) is 19.1 Å². The molecule has 0 aliphatic carbocycles. The van der Waals surface area contributed by atoms with Crippen LogP contribution in [0.4, 0.5) is 0 Å². The van der Waals surface area contributed by atoms with E-state index in [1.807, 2.05) is 21.1 Å². The Kier molecular flexibility index (Phi) is 49.4. The van der Waals surface area contributed by atoms with Gasteiger partial charge in [-0.1, -0.05) is 246 Å². The normalized spacial score (nSPS) is 14.7. The van der Waals surface area contributed by atoms with Gasteiger partial charge >= 0.3 is 0 Å². The maximum absolute atomic E-state index is 13.0. The number of aliphatic hydroxyl groups is 1. The van der Waals surface area contributed by atoms with E-state index >= 15 is 0 Å². The molecular formula is C61H109N2O6P. The molecule has 8 nitrogen and oxygen atoms in total. The first kappa shape index (κ1) is 67.4. The molecule has 70 heavy (non-hydrogen) atoms. The highest BCUT2D eigenvalue weighted by molar-refractivity contribution is 7.45. The van der Waals surface area contributed by atoms with Crippen LogP contribution in [-0.2, 0) is 18.4 Å². The number of phosphoric ester groups is 1. The number of hydrogen-bond donors (Lipinski definition) is 2. The Bertz CT molecular complexity index is 1460. The third kappa shape index (κ3) is 53.2. The van der Waals surface area contributed by atoms with Gasteiger partial charge in [0, 0.05) is 6.42 Å². The van der Waals surface area contributed by atoms with Gasteiger partial charge in [0.1, 0.15) is 13.2 Å². The third-order valence-corrected chi connectivity index (χ3v) is 13.3. The second-order valence-electron chi connectivity index (χ2n) is 20.3. The van der Waals surface area contributed by atoms with E-state index in [1.165, 1.54) is 109 Å². The van der Waals surface area contributed by atoms with Gasteiger partial charge in [-0.05, 0) is 77.0 Å². The highest BCUT2D eigenvalue weighted by Crippen LogP contribution is 2.38. The summed E-state index contributed by atoms with van der Waals surface area (Å²) < 4.78 is 23.4. The van der Waals surface area contributed by atoms with E-state index in [0.29, 0.717) is 23.9 Å². The number of likely N-dealkylation sites (N-methyl/N-ethyl adjacent to an activating group) is 1. The largest absolute Gasteiger partial charge is 0.756 e. The van der Waals surface area contributed by atoms with Crippen LogP contribution in [-0.4, -0.2) is 68.5 Å². The number of amides is 1. The molecule has 0 spiro atoms. The molecule has 0 bridgehead atoms. The molecule has 9 heteroatoms. The van der Waals surface area contributed by atoms with Crippen molar-refractivity contribution in [3.05, 3.63) is 97.2 Å². The monoisotopic (exact) mass is 997 g/mol. The van der Waals surface area contributed by atoms with E-state index in [1.54, 1.807) is 0 Å². The molecule has 0 saturated heterocycles. The first-order valence-electron chi connectivity index (χ1n) is 28.6. The summed E-state index contributed by atoms with van der Waals surface area (Å²) in [6.45, 7) is 4.59. The molecule has 404 valence electrons. The Hall–Kier alpha value is -2.58. The van der Waals surface area contributed by atoms with Crippen LogP contribution < -0.4 is 10.2 Å². The lowest BCUT2D eigenvalue weighted by atomic mass is 10.0. The summed E-state index contributed by atoms with van der Waals surface area (Å²) in [7, 11) is 1.29. The predicted molar refractivity (Wildman–Crippen MR) is 302 cm³/mol. The lowest BCUT2D eigenvalue weighted by Gasteiger charge is -2.30. The molecule has 3 atom stereocenters. The SMILES string of the molecule is CC/C=C\C/C=C\C/C=C\C/C=C\C/C=C\C/C=C\C/C=C\C/C=C\CCCCCCCCCCCCC(=O)NC(COP(=O)([O-])OCC[N+](C)(C)C)C(O)CCCCCCCCCCCCCCC. The number of unbranched alkanes of at least 4 members (excludes halogenated alkanes) is 22. The minimum absolute atomic E-state index is 0.00736. The minimum atomic E-state index is -4.58. The van der Waals surface area contributed by atoms with E-state index in [9.17, 15) is 19.4 Å². The van der Waals surface area contributed by atoms with Crippen LogP contribution in [0.5, 0.6) is 0 Å². The molecule has 1 amide bonds. The summed E-state index contributed by atoms with van der Waals surface area (Å²) in [5.74, 6) is -0.173. The van der Waals surface area contributed by atoms with Gasteiger partial charge in [0.2, 0.25) is 5.91 Å². The molecule has 0 aromatic carbocycles. The zero-order valence-electron chi connectivity index (χ0n) is 45.9. The van der Waals surface area contributed by atoms with E-state index in [0.717, 1.165) is 96.3 Å². The lowest BCUT2D eigenvalue weighted by Crippen LogP contribution is -2.46. The van der Waals surface area contributed by atoms with Crippen molar-refractivity contribution >= 4 is 13.7 Å². The number of phosphoric acid groups is 1. The van der Waals surface area contributed by atoms with Gasteiger partial charge in [-0.3, -0.25) is 9.36 Å². The second-order valence-corrected chi connectivity index (χ2v) is 21.7. The highest BCUT2D eigenvalue weighted by atomic mass is 31.2. The standard InChI is InChI=1S/C61H109N2O6P/c1-6-8-10-12-14-16-18-20-21-22-23-24-25-26-27-28-29-30-31-32-33-34-35-36-37-38-39-40-41-43-45-47-49-51-53-55-61(65)62-59(58-69-70(66,67)68-57-56-63(3,4)5)60(64)54-52-50-48-46-44-42-19-17-15-13-11-9-7-2/h8,10,14,16,20-21,23-24,26-27,29-30,32-33,35-36,59-60,64H,6-7,9,11-13,15,17-19,22,25,28,31,34,37-58H2,1-5H3,(H-,62,65,66,67)/b10-8-,16-14-,21-20-,24-23-,27-26-,30-29-,33-32-,36-35-. The van der Waals surface area contributed by atoms with E-state index in [4.69, 9.17) is 9.05 Å². The number of rotatable bonds is 51. The van der Waals surface area contributed by atoms with Crippen LogP contribution in [0.2, 0.25) is 0 Å². The van der Waals surface area contributed by atoms with Crippen molar-refractivity contribution in [1.29, 1.82) is 0 Å². The van der Waals surface area contributed by atoms with E-state index in [2.05, 4.69) is 116 Å². The van der Waals surface area contributed by atoms with Gasteiger partial charge in [0.05, 0.1) is 39.9 Å². The Labute approximate surface area is 432 Å². The van der Waals surface area contributed by atoms with Gasteiger partial charge in [-0.15, -0.1) is 0 Å². The van der Waals surface area contributed by atoms with Crippen molar-refractivity contribution < 1.29 is 32.9 Å². The summed E-state index contributed by atoms with van der Waals surface area (Å²) in [4.78, 5) is 25.5. The lowest BCUT2D eigenvalue weighted by molar-refractivity contribution is -0.870. The molecule has 0 rings (SSSR count). The fraction of sp³-hybridized carbons (Fsp3) is 0.721. The van der Waals surface area contributed by atoms with E-state index < -0.39 is 20.0 Å². The van der Waals surface area contributed by atoms with Gasteiger partial charge < -0.3 is 28.8 Å².